The second-order valence-corrected chi connectivity index (χ2v) is 8.96. The van der Waals surface area contributed by atoms with E-state index in [1.807, 2.05) is 0 Å². The summed E-state index contributed by atoms with van der Waals surface area (Å²) in [6.45, 7) is 2.45. The van der Waals surface area contributed by atoms with Crippen LogP contribution in [-0.2, 0) is 14.8 Å². The van der Waals surface area contributed by atoms with Crippen LogP contribution in [0.4, 0.5) is 10.7 Å². The smallest absolute Gasteiger partial charge is 0.265 e. The van der Waals surface area contributed by atoms with E-state index in [1.165, 1.54) is 23.4 Å². The molecule has 1 aromatic heterocycles. The molecule has 2 aromatic rings. The van der Waals surface area contributed by atoms with Crippen molar-refractivity contribution in [3.05, 3.63) is 41.3 Å². The van der Waals surface area contributed by atoms with Crippen molar-refractivity contribution in [2.45, 2.75) is 24.7 Å². The fourth-order valence-corrected chi connectivity index (χ4v) is 5.12. The minimum absolute atomic E-state index is 0.169. The number of sulfonamides is 1. The Morgan fingerprint density at radius 1 is 1.08 bits per heavy atom. The number of carbonyl (C=O) groups excluding carboxylic acids is 2. The summed E-state index contributed by atoms with van der Waals surface area (Å²) in [4.78, 5) is 24.0. The number of rotatable bonds is 5. The lowest BCUT2D eigenvalue weighted by molar-refractivity contribution is -0.114. The summed E-state index contributed by atoms with van der Waals surface area (Å²) in [5.74, 6) is -0.569. The van der Waals surface area contributed by atoms with Crippen molar-refractivity contribution in [3.8, 4) is 0 Å². The molecule has 2 N–H and O–H groups in total. The van der Waals surface area contributed by atoms with Gasteiger partial charge in [0.25, 0.3) is 5.91 Å². The van der Waals surface area contributed by atoms with Gasteiger partial charge >= 0.3 is 0 Å². The molecule has 2 amide bonds. The topological polar surface area (TPSA) is 95.6 Å². The van der Waals surface area contributed by atoms with Gasteiger partial charge in [-0.3, -0.25) is 9.59 Å². The van der Waals surface area contributed by atoms with E-state index >= 15 is 0 Å². The monoisotopic (exact) mass is 393 g/mol. The molecular formula is C17H19N3O4S2. The Morgan fingerprint density at radius 3 is 2.50 bits per heavy atom. The standard InChI is InChI=1S/C17H19N3O4S2/c1-12(21)18-16-8-7-15(25-16)17(22)19-13-5-4-6-14(11-13)26(23,24)20-9-2-3-10-20/h4-8,11H,2-3,9-10H2,1H3,(H,18,21)(H,19,22). The second kappa shape index (κ2) is 7.56. The molecule has 0 radical (unpaired) electrons. The van der Waals surface area contributed by atoms with E-state index in [2.05, 4.69) is 10.6 Å². The summed E-state index contributed by atoms with van der Waals surface area (Å²) in [5.41, 5.74) is 0.407. The SMILES string of the molecule is CC(=O)Nc1ccc(C(=O)Nc2cccc(S(=O)(=O)N3CCCC3)c2)s1. The molecule has 1 aliphatic rings. The maximum absolute atomic E-state index is 12.6. The van der Waals surface area contributed by atoms with E-state index in [0.29, 0.717) is 28.7 Å². The van der Waals surface area contributed by atoms with Crippen molar-refractivity contribution in [2.24, 2.45) is 0 Å². The first-order valence-corrected chi connectivity index (χ1v) is 10.4. The van der Waals surface area contributed by atoms with Crippen LogP contribution >= 0.6 is 11.3 Å². The molecule has 138 valence electrons. The molecular weight excluding hydrogens is 374 g/mol. The zero-order chi connectivity index (χ0) is 18.7. The summed E-state index contributed by atoms with van der Waals surface area (Å²) < 4.78 is 26.7. The van der Waals surface area contributed by atoms with E-state index in [0.717, 1.165) is 24.2 Å². The molecule has 0 spiro atoms. The maximum atomic E-state index is 12.6. The van der Waals surface area contributed by atoms with Gasteiger partial charge in [0.1, 0.15) is 0 Å². The van der Waals surface area contributed by atoms with Crippen molar-refractivity contribution in [1.29, 1.82) is 0 Å². The van der Waals surface area contributed by atoms with E-state index in [4.69, 9.17) is 0 Å². The Balaban J connectivity index is 1.75. The maximum Gasteiger partial charge on any atom is 0.265 e. The molecule has 0 saturated carbocycles. The van der Waals surface area contributed by atoms with Gasteiger partial charge in [0.05, 0.1) is 14.8 Å². The molecule has 0 atom stereocenters. The third-order valence-electron chi connectivity index (χ3n) is 3.92. The predicted molar refractivity (Wildman–Crippen MR) is 101 cm³/mol. The minimum atomic E-state index is -3.53. The van der Waals surface area contributed by atoms with Gasteiger partial charge in [0, 0.05) is 25.7 Å². The largest absolute Gasteiger partial charge is 0.321 e. The molecule has 1 aromatic carbocycles. The van der Waals surface area contributed by atoms with Crippen LogP contribution in [0, 0.1) is 0 Å². The Hall–Kier alpha value is -2.23. The first-order chi connectivity index (χ1) is 12.4. The Labute approximate surface area is 156 Å². The molecule has 1 fully saturated rings. The van der Waals surface area contributed by atoms with E-state index in [-0.39, 0.29) is 16.7 Å². The van der Waals surface area contributed by atoms with Crippen molar-refractivity contribution < 1.29 is 18.0 Å². The van der Waals surface area contributed by atoms with Gasteiger partial charge in [0.2, 0.25) is 15.9 Å². The van der Waals surface area contributed by atoms with E-state index < -0.39 is 10.0 Å². The minimum Gasteiger partial charge on any atom is -0.321 e. The van der Waals surface area contributed by atoms with Crippen LogP contribution in [0.15, 0.2) is 41.3 Å². The molecule has 26 heavy (non-hydrogen) atoms. The average Bonchev–Trinajstić information content (AvgIpc) is 3.26. The summed E-state index contributed by atoms with van der Waals surface area (Å²) >= 11 is 1.15. The van der Waals surface area contributed by atoms with Gasteiger partial charge in [0.15, 0.2) is 0 Å². The van der Waals surface area contributed by atoms with Crippen molar-refractivity contribution in [3.63, 3.8) is 0 Å². The molecule has 9 heteroatoms. The lowest BCUT2D eigenvalue weighted by Gasteiger charge is -2.16. The number of hydrogen-bond acceptors (Lipinski definition) is 5. The summed E-state index contributed by atoms with van der Waals surface area (Å²) in [5, 5.41) is 5.90. The molecule has 3 rings (SSSR count). The molecule has 2 heterocycles. The van der Waals surface area contributed by atoms with Crippen LogP contribution in [0.5, 0.6) is 0 Å². The second-order valence-electron chi connectivity index (χ2n) is 5.94. The number of thiophene rings is 1. The van der Waals surface area contributed by atoms with Crippen LogP contribution in [0.2, 0.25) is 0 Å². The van der Waals surface area contributed by atoms with Gasteiger partial charge in [-0.1, -0.05) is 6.07 Å². The highest BCUT2D eigenvalue weighted by Crippen LogP contribution is 2.25. The van der Waals surface area contributed by atoms with Crippen LogP contribution in [0.1, 0.15) is 29.4 Å². The molecule has 1 saturated heterocycles. The van der Waals surface area contributed by atoms with Gasteiger partial charge < -0.3 is 10.6 Å². The normalized spacial score (nSPS) is 15.0. The third kappa shape index (κ3) is 4.12. The van der Waals surface area contributed by atoms with Gasteiger partial charge in [-0.15, -0.1) is 11.3 Å². The van der Waals surface area contributed by atoms with Gasteiger partial charge in [-0.2, -0.15) is 4.31 Å². The van der Waals surface area contributed by atoms with Crippen molar-refractivity contribution in [1.82, 2.24) is 4.31 Å². The molecule has 0 bridgehead atoms. The van der Waals surface area contributed by atoms with Gasteiger partial charge in [-0.25, -0.2) is 8.42 Å². The average molecular weight is 393 g/mol. The number of nitrogens with zero attached hydrogens (tertiary/aromatic N) is 1. The number of nitrogens with one attached hydrogen (secondary N) is 2. The van der Waals surface area contributed by atoms with Crippen LogP contribution in [0.3, 0.4) is 0 Å². The molecule has 0 unspecified atom stereocenters. The molecule has 0 aliphatic carbocycles. The van der Waals surface area contributed by atoms with Crippen molar-refractivity contribution in [2.75, 3.05) is 23.7 Å². The predicted octanol–water partition coefficient (Wildman–Crippen LogP) is 2.74. The number of amides is 2. The fraction of sp³-hybridized carbons (Fsp3) is 0.294. The number of hydrogen-bond donors (Lipinski definition) is 2. The Kier molecular flexibility index (Phi) is 5.40. The zero-order valence-corrected chi connectivity index (χ0v) is 15.8. The summed E-state index contributed by atoms with van der Waals surface area (Å²) in [6, 6.07) is 9.50. The third-order valence-corrected chi connectivity index (χ3v) is 6.82. The van der Waals surface area contributed by atoms with Gasteiger partial charge in [-0.05, 0) is 43.2 Å². The Morgan fingerprint density at radius 2 is 1.81 bits per heavy atom. The fourth-order valence-electron chi connectivity index (χ4n) is 2.71. The number of carbonyl (C=O) groups is 2. The quantitative estimate of drug-likeness (QED) is 0.816. The zero-order valence-electron chi connectivity index (χ0n) is 14.2. The van der Waals surface area contributed by atoms with Crippen LogP contribution < -0.4 is 10.6 Å². The molecule has 1 aliphatic heterocycles. The first-order valence-electron chi connectivity index (χ1n) is 8.15. The van der Waals surface area contributed by atoms with E-state index in [9.17, 15) is 18.0 Å². The Bertz CT molecular complexity index is 931. The lowest BCUT2D eigenvalue weighted by atomic mass is 10.3. The highest BCUT2D eigenvalue weighted by Gasteiger charge is 2.27. The van der Waals surface area contributed by atoms with Crippen LogP contribution in [-0.4, -0.2) is 37.6 Å². The van der Waals surface area contributed by atoms with E-state index in [1.54, 1.807) is 24.3 Å². The number of anilines is 2. The highest BCUT2D eigenvalue weighted by molar-refractivity contribution is 7.89. The first kappa shape index (κ1) is 18.6. The highest BCUT2D eigenvalue weighted by atomic mass is 32.2. The molecule has 7 nitrogen and oxygen atoms in total. The number of benzene rings is 1. The van der Waals surface area contributed by atoms with Crippen molar-refractivity contribution >= 4 is 43.9 Å². The summed E-state index contributed by atoms with van der Waals surface area (Å²) in [7, 11) is -3.53. The summed E-state index contributed by atoms with van der Waals surface area (Å²) in [6.07, 6.45) is 1.73. The van der Waals surface area contributed by atoms with Crippen LogP contribution in [0.25, 0.3) is 0 Å². The lowest BCUT2D eigenvalue weighted by Crippen LogP contribution is -2.27.